The lowest BCUT2D eigenvalue weighted by molar-refractivity contribution is 0.0931. The number of anilines is 2. The average molecular weight is 554 g/mol. The maximum absolute atomic E-state index is 14.1. The zero-order chi connectivity index (χ0) is 27.7. The number of ether oxygens (including phenoxy) is 2. The lowest BCUT2D eigenvalue weighted by Crippen LogP contribution is -2.33. The van der Waals surface area contributed by atoms with Crippen molar-refractivity contribution >= 4 is 40.8 Å². The van der Waals surface area contributed by atoms with Crippen molar-refractivity contribution in [3.8, 4) is 17.0 Å². The first-order chi connectivity index (χ1) is 18.7. The first kappa shape index (κ1) is 26.2. The van der Waals surface area contributed by atoms with Crippen molar-refractivity contribution in [2.45, 2.75) is 39.5 Å². The van der Waals surface area contributed by atoms with E-state index >= 15 is 0 Å². The molecule has 0 saturated heterocycles. The molecule has 4 heterocycles. The summed E-state index contributed by atoms with van der Waals surface area (Å²) in [6.45, 7) is 5.57. The Hall–Kier alpha value is -4.45. The van der Waals surface area contributed by atoms with Gasteiger partial charge in [0.15, 0.2) is 5.65 Å². The molecule has 0 aliphatic carbocycles. The molecule has 0 spiro atoms. The van der Waals surface area contributed by atoms with Crippen molar-refractivity contribution in [2.24, 2.45) is 0 Å². The Morgan fingerprint density at radius 1 is 1.23 bits per heavy atom. The Balaban J connectivity index is 1.58. The van der Waals surface area contributed by atoms with Crippen molar-refractivity contribution in [1.82, 2.24) is 24.9 Å². The Kier molecular flexibility index (Phi) is 7.20. The van der Waals surface area contributed by atoms with E-state index in [9.17, 15) is 14.0 Å². The number of benzene rings is 1. The van der Waals surface area contributed by atoms with E-state index < -0.39 is 18.0 Å². The number of pyridine rings is 1. The third-order valence-corrected chi connectivity index (χ3v) is 6.10. The number of fused-ring (bicyclic) bond motifs is 2. The second-order valence-corrected chi connectivity index (χ2v) is 9.62. The summed E-state index contributed by atoms with van der Waals surface area (Å²) in [7, 11) is 0. The predicted molar refractivity (Wildman–Crippen MR) is 143 cm³/mol. The van der Waals surface area contributed by atoms with Crippen LogP contribution in [0.3, 0.4) is 0 Å². The summed E-state index contributed by atoms with van der Waals surface area (Å²) in [6.07, 6.45) is 2.87. The third-order valence-electron chi connectivity index (χ3n) is 5.79. The van der Waals surface area contributed by atoms with Crippen LogP contribution in [0.2, 0.25) is 5.02 Å². The number of carbonyl (C=O) groups is 2. The summed E-state index contributed by atoms with van der Waals surface area (Å²) in [5.74, 6) is -0.299. The van der Waals surface area contributed by atoms with Gasteiger partial charge in [-0.2, -0.15) is 5.10 Å². The fraction of sp³-hybridized carbons (Fsp3) is 0.269. The van der Waals surface area contributed by atoms with Crippen LogP contribution in [0.4, 0.5) is 20.7 Å². The van der Waals surface area contributed by atoms with Crippen LogP contribution in [0, 0.1) is 5.82 Å². The number of amides is 2. The summed E-state index contributed by atoms with van der Waals surface area (Å²) in [5.41, 5.74) is 2.61. The van der Waals surface area contributed by atoms with Crippen molar-refractivity contribution in [3.63, 3.8) is 0 Å². The molecule has 5 rings (SSSR count). The van der Waals surface area contributed by atoms with Gasteiger partial charge >= 0.3 is 6.09 Å². The Morgan fingerprint density at radius 2 is 2.05 bits per heavy atom. The molecule has 202 valence electrons. The quantitative estimate of drug-likeness (QED) is 0.334. The highest BCUT2D eigenvalue weighted by molar-refractivity contribution is 6.33. The second-order valence-electron chi connectivity index (χ2n) is 9.21. The molecule has 2 bridgehead atoms. The first-order valence-electron chi connectivity index (χ1n) is 12.2. The minimum Gasteiger partial charge on any atom is -0.473 e. The molecule has 2 amide bonds. The van der Waals surface area contributed by atoms with Crippen LogP contribution in [0.1, 0.15) is 36.7 Å². The fourth-order valence-electron chi connectivity index (χ4n) is 4.02. The molecule has 0 unspecified atom stereocenters. The zero-order valence-electron chi connectivity index (χ0n) is 21.3. The molecule has 0 radical (unpaired) electrons. The van der Waals surface area contributed by atoms with Crippen molar-refractivity contribution in [2.75, 3.05) is 17.2 Å². The summed E-state index contributed by atoms with van der Waals surface area (Å²) in [4.78, 5) is 33.7. The molecule has 1 aliphatic heterocycles. The first-order valence-corrected chi connectivity index (χ1v) is 12.5. The van der Waals surface area contributed by atoms with Crippen molar-refractivity contribution in [3.05, 3.63) is 64.8 Å². The SMILES string of the molecule is CC(C)OC(=O)Nc1ccc(-c2cn3ncc4c3nc2NCc2cc(F)cnc2O[C@@H](C)CNC4=O)c(Cl)c1. The molecular formula is C26H25ClFN7O4. The number of aromatic nitrogens is 4. The minimum atomic E-state index is -0.602. The summed E-state index contributed by atoms with van der Waals surface area (Å²) in [5, 5.41) is 13.3. The van der Waals surface area contributed by atoms with Crippen molar-refractivity contribution in [1.29, 1.82) is 0 Å². The van der Waals surface area contributed by atoms with Gasteiger partial charge in [-0.25, -0.2) is 23.7 Å². The van der Waals surface area contributed by atoms with Crippen LogP contribution in [0.25, 0.3) is 16.8 Å². The van der Waals surface area contributed by atoms with Crippen LogP contribution < -0.4 is 20.7 Å². The van der Waals surface area contributed by atoms with E-state index in [0.29, 0.717) is 38.9 Å². The summed E-state index contributed by atoms with van der Waals surface area (Å²) >= 11 is 6.64. The highest BCUT2D eigenvalue weighted by Crippen LogP contribution is 2.35. The van der Waals surface area contributed by atoms with Crippen LogP contribution in [0.15, 0.2) is 42.9 Å². The highest BCUT2D eigenvalue weighted by Gasteiger charge is 2.22. The molecule has 11 nitrogen and oxygen atoms in total. The Labute approximate surface area is 227 Å². The second kappa shape index (κ2) is 10.7. The van der Waals surface area contributed by atoms with E-state index in [1.54, 1.807) is 45.2 Å². The molecule has 3 N–H and O–H groups in total. The molecular weight excluding hydrogens is 529 g/mol. The van der Waals surface area contributed by atoms with Crippen LogP contribution in [-0.4, -0.2) is 50.3 Å². The topological polar surface area (TPSA) is 132 Å². The van der Waals surface area contributed by atoms with E-state index in [0.717, 1.165) is 6.20 Å². The molecule has 3 aromatic heterocycles. The number of rotatable bonds is 3. The summed E-state index contributed by atoms with van der Waals surface area (Å²) < 4.78 is 26.6. The monoisotopic (exact) mass is 553 g/mol. The third kappa shape index (κ3) is 5.70. The molecule has 13 heteroatoms. The van der Waals surface area contributed by atoms with E-state index in [1.165, 1.54) is 16.8 Å². The number of halogens is 2. The van der Waals surface area contributed by atoms with Gasteiger partial charge in [0.2, 0.25) is 5.88 Å². The standard InChI is InChI=1S/C26H25ClFN7O4/c1-13(2)38-26(37)33-17-4-5-18(21(27)7-17)20-12-35-23-19(11-32-35)24(36)30-8-14(3)39-25-15(6-16(28)10-31-25)9-29-22(20)34-23/h4-7,10-14H,8-9H2,1-3H3,(H,29,34)(H,30,36)(H,33,37)/t14-/m0/s1. The van der Waals surface area contributed by atoms with Gasteiger partial charge in [0.25, 0.3) is 5.91 Å². The number of carbonyl (C=O) groups excluding carboxylic acids is 2. The van der Waals surface area contributed by atoms with Crippen LogP contribution >= 0.6 is 11.6 Å². The van der Waals surface area contributed by atoms with E-state index in [2.05, 4.69) is 26.0 Å². The summed E-state index contributed by atoms with van der Waals surface area (Å²) in [6, 6.07) is 6.30. The number of hydrogen-bond donors (Lipinski definition) is 3. The Bertz CT molecular complexity index is 1580. The highest BCUT2D eigenvalue weighted by atomic mass is 35.5. The lowest BCUT2D eigenvalue weighted by atomic mass is 10.1. The predicted octanol–water partition coefficient (Wildman–Crippen LogP) is 4.66. The number of nitrogens with zero attached hydrogens (tertiary/aromatic N) is 4. The van der Waals surface area contributed by atoms with Gasteiger partial charge in [-0.3, -0.25) is 10.1 Å². The maximum Gasteiger partial charge on any atom is 0.411 e. The molecule has 4 aromatic rings. The van der Waals surface area contributed by atoms with Gasteiger partial charge < -0.3 is 20.1 Å². The van der Waals surface area contributed by atoms with E-state index in [4.69, 9.17) is 26.1 Å². The number of hydrogen-bond acceptors (Lipinski definition) is 8. The zero-order valence-corrected chi connectivity index (χ0v) is 22.0. The molecule has 1 aliphatic rings. The lowest BCUT2D eigenvalue weighted by Gasteiger charge is -2.17. The van der Waals surface area contributed by atoms with Gasteiger partial charge in [0.05, 0.1) is 30.1 Å². The largest absolute Gasteiger partial charge is 0.473 e. The maximum atomic E-state index is 14.1. The van der Waals surface area contributed by atoms with Crippen LogP contribution in [0.5, 0.6) is 5.88 Å². The van der Waals surface area contributed by atoms with Crippen molar-refractivity contribution < 1.29 is 23.5 Å². The smallest absolute Gasteiger partial charge is 0.411 e. The van der Waals surface area contributed by atoms with Gasteiger partial charge in [-0.05, 0) is 39.0 Å². The van der Waals surface area contributed by atoms with Gasteiger partial charge in [0.1, 0.15) is 23.3 Å². The fourth-order valence-corrected chi connectivity index (χ4v) is 4.30. The van der Waals surface area contributed by atoms with Gasteiger partial charge in [-0.1, -0.05) is 17.7 Å². The average Bonchev–Trinajstić information content (AvgIpc) is 3.29. The van der Waals surface area contributed by atoms with Gasteiger partial charge in [0, 0.05) is 35.1 Å². The minimum absolute atomic E-state index is 0.117. The molecule has 1 aromatic carbocycles. The molecule has 1 atom stereocenters. The number of nitrogens with one attached hydrogen (secondary N) is 3. The normalized spacial score (nSPS) is 15.3. The van der Waals surface area contributed by atoms with E-state index in [1.807, 2.05) is 0 Å². The van der Waals surface area contributed by atoms with Crippen LogP contribution in [-0.2, 0) is 11.3 Å². The molecule has 0 fully saturated rings. The Morgan fingerprint density at radius 3 is 2.82 bits per heavy atom. The molecule has 0 saturated carbocycles. The van der Waals surface area contributed by atoms with Gasteiger partial charge in [-0.15, -0.1) is 0 Å². The molecule has 39 heavy (non-hydrogen) atoms. The van der Waals surface area contributed by atoms with E-state index in [-0.39, 0.29) is 36.5 Å².